The van der Waals surface area contributed by atoms with Gasteiger partial charge >= 0.3 is 0 Å². The van der Waals surface area contributed by atoms with Gasteiger partial charge in [0.25, 0.3) is 5.91 Å². The highest BCUT2D eigenvalue weighted by Crippen LogP contribution is 2.27. The summed E-state index contributed by atoms with van der Waals surface area (Å²) in [5, 5.41) is 15.3. The lowest BCUT2D eigenvalue weighted by Gasteiger charge is -2.28. The van der Waals surface area contributed by atoms with Crippen LogP contribution >= 0.6 is 11.3 Å². The van der Waals surface area contributed by atoms with Crippen molar-refractivity contribution in [2.24, 2.45) is 0 Å². The van der Waals surface area contributed by atoms with E-state index in [-0.39, 0.29) is 5.57 Å². The molecular weight excluding hydrogens is 370 g/mol. The minimum Gasteiger partial charge on any atom is -0.378 e. The van der Waals surface area contributed by atoms with Crippen molar-refractivity contribution in [1.29, 1.82) is 5.26 Å². The van der Waals surface area contributed by atoms with Crippen LogP contribution in [-0.4, -0.2) is 32.2 Å². The summed E-state index contributed by atoms with van der Waals surface area (Å²) >= 11 is 1.60. The van der Waals surface area contributed by atoms with Crippen molar-refractivity contribution in [3.8, 4) is 6.07 Å². The number of rotatable bonds is 4. The maximum Gasteiger partial charge on any atom is 0.266 e. The summed E-state index contributed by atoms with van der Waals surface area (Å²) < 4.78 is 6.50. The predicted molar refractivity (Wildman–Crippen MR) is 114 cm³/mol. The van der Waals surface area contributed by atoms with Gasteiger partial charge in [-0.15, -0.1) is 11.3 Å². The summed E-state index contributed by atoms with van der Waals surface area (Å²) in [7, 11) is 0. The van der Waals surface area contributed by atoms with Crippen LogP contribution in [0.2, 0.25) is 0 Å². The quantitative estimate of drug-likeness (QED) is 0.534. The minimum absolute atomic E-state index is 0.0841. The van der Waals surface area contributed by atoms with Gasteiger partial charge in [-0.2, -0.15) is 5.26 Å². The molecule has 2 heterocycles. The summed E-state index contributed by atoms with van der Waals surface area (Å²) in [5.74, 6) is -0.406. The fraction of sp³-hybridized carbons (Fsp3) is 0.182. The minimum atomic E-state index is -0.406. The smallest absolute Gasteiger partial charge is 0.266 e. The molecule has 1 aromatic heterocycles. The number of carbonyl (C=O) groups excluding carboxylic acids is 1. The van der Waals surface area contributed by atoms with E-state index in [0.717, 1.165) is 47.6 Å². The molecule has 1 N–H and O–H groups in total. The second kappa shape index (κ2) is 8.26. The number of fused-ring (bicyclic) bond motifs is 1. The van der Waals surface area contributed by atoms with Crippen molar-refractivity contribution in [1.82, 2.24) is 0 Å². The van der Waals surface area contributed by atoms with E-state index in [9.17, 15) is 10.1 Å². The molecular formula is C22H19N3O2S. The van der Waals surface area contributed by atoms with Crippen LogP contribution in [-0.2, 0) is 9.53 Å². The molecule has 4 rings (SSSR count). The third-order valence-corrected chi connectivity index (χ3v) is 5.66. The van der Waals surface area contributed by atoms with Gasteiger partial charge in [0.05, 0.1) is 13.2 Å². The van der Waals surface area contributed by atoms with Crippen molar-refractivity contribution in [2.75, 3.05) is 36.5 Å². The van der Waals surface area contributed by atoms with Gasteiger partial charge in [0, 0.05) is 29.2 Å². The lowest BCUT2D eigenvalue weighted by atomic mass is 10.1. The van der Waals surface area contributed by atoms with E-state index < -0.39 is 5.91 Å². The Kier molecular flexibility index (Phi) is 5.38. The van der Waals surface area contributed by atoms with Crippen LogP contribution in [0.4, 0.5) is 11.4 Å². The Labute approximate surface area is 167 Å². The fourth-order valence-electron chi connectivity index (χ4n) is 3.19. The third kappa shape index (κ3) is 3.91. The maximum absolute atomic E-state index is 12.6. The van der Waals surface area contributed by atoms with Crippen LogP contribution < -0.4 is 10.2 Å². The Hall–Kier alpha value is -3.14. The number of hydrogen-bond acceptors (Lipinski definition) is 5. The van der Waals surface area contributed by atoms with Gasteiger partial charge in [0.2, 0.25) is 0 Å². The van der Waals surface area contributed by atoms with Crippen LogP contribution in [0.25, 0.3) is 16.2 Å². The highest BCUT2D eigenvalue weighted by atomic mass is 32.1. The first kappa shape index (κ1) is 18.2. The third-order valence-electron chi connectivity index (χ3n) is 4.68. The number of benzene rings is 2. The molecule has 0 aliphatic carbocycles. The summed E-state index contributed by atoms with van der Waals surface area (Å²) in [6.45, 7) is 3.18. The number of anilines is 2. The molecule has 3 aromatic rings. The Morgan fingerprint density at radius 1 is 1.14 bits per heavy atom. The fourth-order valence-corrected chi connectivity index (χ4v) is 4.11. The SMILES string of the molecule is N#CC(=Cc1csc2ccccc12)C(=O)Nc1ccc(N2CCOCC2)cc1. The topological polar surface area (TPSA) is 65.4 Å². The van der Waals surface area contributed by atoms with Crippen molar-refractivity contribution in [3.63, 3.8) is 0 Å². The number of ether oxygens (including phenoxy) is 1. The number of morpholine rings is 1. The van der Waals surface area contributed by atoms with Crippen molar-refractivity contribution >= 4 is 44.8 Å². The molecule has 28 heavy (non-hydrogen) atoms. The van der Waals surface area contributed by atoms with Crippen LogP contribution in [0.3, 0.4) is 0 Å². The van der Waals surface area contributed by atoms with E-state index in [0.29, 0.717) is 5.69 Å². The molecule has 140 valence electrons. The van der Waals surface area contributed by atoms with Gasteiger partial charge in [-0.05, 0) is 52.7 Å². The van der Waals surface area contributed by atoms with Crippen LogP contribution in [0.1, 0.15) is 5.56 Å². The first-order valence-electron chi connectivity index (χ1n) is 9.07. The van der Waals surface area contributed by atoms with Crippen LogP contribution in [0, 0.1) is 11.3 Å². The van der Waals surface area contributed by atoms with Crippen molar-refractivity contribution < 1.29 is 9.53 Å². The zero-order valence-electron chi connectivity index (χ0n) is 15.2. The summed E-state index contributed by atoms with van der Waals surface area (Å²) in [6.07, 6.45) is 1.65. The highest BCUT2D eigenvalue weighted by molar-refractivity contribution is 7.17. The molecule has 6 heteroatoms. The van der Waals surface area contributed by atoms with Crippen LogP contribution in [0.5, 0.6) is 0 Å². The Bertz CT molecular complexity index is 1060. The first-order valence-corrected chi connectivity index (χ1v) is 9.95. The second-order valence-corrected chi connectivity index (χ2v) is 7.37. The van der Waals surface area contributed by atoms with Gasteiger partial charge in [0.15, 0.2) is 0 Å². The number of carbonyl (C=O) groups is 1. The van der Waals surface area contributed by atoms with Gasteiger partial charge < -0.3 is 15.0 Å². The Balaban J connectivity index is 1.49. The standard InChI is InChI=1S/C22H19N3O2S/c23-14-16(13-17-15-28-21-4-2-1-3-20(17)21)22(26)24-18-5-7-19(8-6-18)25-9-11-27-12-10-25/h1-8,13,15H,9-12H2,(H,24,26). The summed E-state index contributed by atoms with van der Waals surface area (Å²) in [4.78, 5) is 14.8. The molecule has 5 nitrogen and oxygen atoms in total. The van der Waals surface area contributed by atoms with Gasteiger partial charge in [-0.3, -0.25) is 4.79 Å². The number of amides is 1. The van der Waals surface area contributed by atoms with Crippen molar-refractivity contribution in [3.05, 3.63) is 65.0 Å². The van der Waals surface area contributed by atoms with E-state index in [4.69, 9.17) is 4.74 Å². The van der Waals surface area contributed by atoms with Gasteiger partial charge in [-0.1, -0.05) is 18.2 Å². The number of nitrogens with one attached hydrogen (secondary N) is 1. The number of nitriles is 1. The molecule has 1 amide bonds. The molecule has 2 aromatic carbocycles. The molecule has 1 saturated heterocycles. The number of hydrogen-bond donors (Lipinski definition) is 1. The second-order valence-electron chi connectivity index (χ2n) is 6.46. The van der Waals surface area contributed by atoms with E-state index in [1.807, 2.05) is 60.0 Å². The van der Waals surface area contributed by atoms with E-state index in [1.54, 1.807) is 17.4 Å². The highest BCUT2D eigenvalue weighted by Gasteiger charge is 2.13. The molecule has 0 spiro atoms. The zero-order chi connectivity index (χ0) is 19.3. The average Bonchev–Trinajstić information content (AvgIpc) is 3.16. The number of nitrogens with zero attached hydrogens (tertiary/aromatic N) is 2. The molecule has 1 fully saturated rings. The molecule has 0 unspecified atom stereocenters. The largest absolute Gasteiger partial charge is 0.378 e. The summed E-state index contributed by atoms with van der Waals surface area (Å²) in [6, 6.07) is 17.6. The van der Waals surface area contributed by atoms with E-state index in [1.165, 1.54) is 0 Å². The van der Waals surface area contributed by atoms with E-state index >= 15 is 0 Å². The molecule has 0 radical (unpaired) electrons. The molecule has 0 atom stereocenters. The Morgan fingerprint density at radius 3 is 2.64 bits per heavy atom. The average molecular weight is 389 g/mol. The van der Waals surface area contributed by atoms with Gasteiger partial charge in [-0.25, -0.2) is 0 Å². The molecule has 0 saturated carbocycles. The lowest BCUT2D eigenvalue weighted by molar-refractivity contribution is -0.112. The van der Waals surface area contributed by atoms with E-state index in [2.05, 4.69) is 10.2 Å². The normalized spacial score (nSPS) is 14.7. The number of thiophene rings is 1. The first-order chi connectivity index (χ1) is 13.7. The predicted octanol–water partition coefficient (Wildman–Crippen LogP) is 4.28. The monoisotopic (exact) mass is 389 g/mol. The molecule has 1 aliphatic rings. The lowest BCUT2D eigenvalue weighted by Crippen LogP contribution is -2.36. The summed E-state index contributed by atoms with van der Waals surface area (Å²) in [5.41, 5.74) is 2.73. The van der Waals surface area contributed by atoms with Crippen LogP contribution in [0.15, 0.2) is 59.5 Å². The molecule has 1 aliphatic heterocycles. The Morgan fingerprint density at radius 2 is 1.89 bits per heavy atom. The zero-order valence-corrected chi connectivity index (χ0v) is 16.0. The molecule has 0 bridgehead atoms. The maximum atomic E-state index is 12.6. The van der Waals surface area contributed by atoms with Crippen molar-refractivity contribution in [2.45, 2.75) is 0 Å². The van der Waals surface area contributed by atoms with Gasteiger partial charge in [0.1, 0.15) is 11.6 Å².